The van der Waals surface area contributed by atoms with Crippen molar-refractivity contribution in [3.05, 3.63) is 16.1 Å². The van der Waals surface area contributed by atoms with Crippen molar-refractivity contribution in [2.24, 2.45) is 0 Å². The summed E-state index contributed by atoms with van der Waals surface area (Å²) in [5, 5.41) is 7.10. The van der Waals surface area contributed by atoms with Crippen molar-refractivity contribution in [1.82, 2.24) is 10.3 Å². The van der Waals surface area contributed by atoms with Crippen molar-refractivity contribution in [3.63, 3.8) is 0 Å². The molecule has 2 aliphatic carbocycles. The van der Waals surface area contributed by atoms with E-state index < -0.39 is 0 Å². The summed E-state index contributed by atoms with van der Waals surface area (Å²) in [5.41, 5.74) is 1.36. The van der Waals surface area contributed by atoms with Gasteiger partial charge in [0.05, 0.1) is 10.7 Å². The molecule has 0 radical (unpaired) electrons. The molecule has 1 N–H and O–H groups in total. The lowest BCUT2D eigenvalue weighted by Gasteiger charge is -1.98. The zero-order valence-corrected chi connectivity index (χ0v) is 9.15. The summed E-state index contributed by atoms with van der Waals surface area (Å²) in [6, 6.07) is 0.831. The summed E-state index contributed by atoms with van der Waals surface area (Å²) in [7, 11) is 0. The van der Waals surface area contributed by atoms with Gasteiger partial charge in [0, 0.05) is 30.3 Å². The highest BCUT2D eigenvalue weighted by atomic mass is 32.1. The molecule has 2 aliphatic rings. The van der Waals surface area contributed by atoms with E-state index in [0.29, 0.717) is 0 Å². The first-order valence-corrected chi connectivity index (χ1v) is 6.47. The molecule has 0 bridgehead atoms. The summed E-state index contributed by atoms with van der Waals surface area (Å²) in [6.07, 6.45) is 6.61. The van der Waals surface area contributed by atoms with Gasteiger partial charge in [0.15, 0.2) is 0 Å². The van der Waals surface area contributed by atoms with Crippen LogP contribution in [-0.2, 0) is 6.42 Å². The van der Waals surface area contributed by atoms with E-state index in [9.17, 15) is 0 Å². The Morgan fingerprint density at radius 1 is 1.36 bits per heavy atom. The van der Waals surface area contributed by atoms with Crippen LogP contribution < -0.4 is 5.32 Å². The monoisotopic (exact) mass is 208 g/mol. The molecule has 1 heterocycles. The fourth-order valence-electron chi connectivity index (χ4n) is 1.68. The van der Waals surface area contributed by atoms with Gasteiger partial charge in [0.1, 0.15) is 0 Å². The van der Waals surface area contributed by atoms with E-state index >= 15 is 0 Å². The van der Waals surface area contributed by atoms with E-state index in [-0.39, 0.29) is 0 Å². The minimum absolute atomic E-state index is 0.816. The number of thiazole rings is 1. The second-order valence-corrected chi connectivity index (χ2v) is 5.36. The summed E-state index contributed by atoms with van der Waals surface area (Å²) >= 11 is 1.84. The lowest BCUT2D eigenvalue weighted by Crippen LogP contribution is -2.19. The van der Waals surface area contributed by atoms with Crippen LogP contribution in [0.3, 0.4) is 0 Å². The van der Waals surface area contributed by atoms with E-state index in [1.54, 1.807) is 0 Å². The molecule has 76 valence electrons. The Morgan fingerprint density at radius 3 is 2.93 bits per heavy atom. The van der Waals surface area contributed by atoms with Crippen LogP contribution in [0.4, 0.5) is 0 Å². The van der Waals surface area contributed by atoms with Crippen LogP contribution in [0.5, 0.6) is 0 Å². The number of nitrogens with one attached hydrogen (secondary N) is 1. The van der Waals surface area contributed by atoms with Crippen LogP contribution >= 0.6 is 11.3 Å². The van der Waals surface area contributed by atoms with Gasteiger partial charge in [-0.3, -0.25) is 0 Å². The number of hydrogen-bond acceptors (Lipinski definition) is 3. The third-order valence-corrected chi connectivity index (χ3v) is 3.84. The molecule has 0 atom stereocenters. The van der Waals surface area contributed by atoms with Crippen molar-refractivity contribution < 1.29 is 0 Å². The van der Waals surface area contributed by atoms with E-state index in [4.69, 9.17) is 0 Å². The first-order valence-electron chi connectivity index (χ1n) is 5.59. The third kappa shape index (κ3) is 2.15. The Bertz CT molecular complexity index is 313. The van der Waals surface area contributed by atoms with E-state index in [2.05, 4.69) is 15.7 Å². The van der Waals surface area contributed by atoms with Gasteiger partial charge in [0.2, 0.25) is 0 Å². The molecule has 0 amide bonds. The lowest BCUT2D eigenvalue weighted by molar-refractivity contribution is 0.679. The van der Waals surface area contributed by atoms with Gasteiger partial charge in [-0.2, -0.15) is 0 Å². The maximum absolute atomic E-state index is 4.67. The fourth-order valence-corrected chi connectivity index (χ4v) is 2.56. The van der Waals surface area contributed by atoms with E-state index in [1.165, 1.54) is 36.4 Å². The zero-order valence-electron chi connectivity index (χ0n) is 8.33. The Kier molecular flexibility index (Phi) is 2.30. The predicted octanol–water partition coefficient (Wildman–Crippen LogP) is 2.32. The molecule has 3 rings (SSSR count). The molecular formula is C11H16N2S. The molecule has 14 heavy (non-hydrogen) atoms. The van der Waals surface area contributed by atoms with Gasteiger partial charge in [-0.15, -0.1) is 11.3 Å². The van der Waals surface area contributed by atoms with Crippen LogP contribution in [0, 0.1) is 0 Å². The van der Waals surface area contributed by atoms with E-state index in [1.807, 2.05) is 11.3 Å². The average Bonchev–Trinajstić information content (AvgIpc) is 3.07. The maximum Gasteiger partial charge on any atom is 0.0941 e. The third-order valence-electron chi connectivity index (χ3n) is 2.91. The van der Waals surface area contributed by atoms with Gasteiger partial charge in [-0.25, -0.2) is 4.98 Å². The van der Waals surface area contributed by atoms with Gasteiger partial charge >= 0.3 is 0 Å². The van der Waals surface area contributed by atoms with Crippen LogP contribution in [0.15, 0.2) is 5.38 Å². The van der Waals surface area contributed by atoms with Crippen molar-refractivity contribution >= 4 is 11.3 Å². The number of hydrogen-bond donors (Lipinski definition) is 1. The molecule has 0 aromatic carbocycles. The summed E-state index contributed by atoms with van der Waals surface area (Å²) < 4.78 is 0. The van der Waals surface area contributed by atoms with Crippen LogP contribution in [0.1, 0.15) is 42.3 Å². The van der Waals surface area contributed by atoms with Crippen molar-refractivity contribution in [1.29, 1.82) is 0 Å². The highest BCUT2D eigenvalue weighted by molar-refractivity contribution is 7.09. The smallest absolute Gasteiger partial charge is 0.0941 e. The summed E-state index contributed by atoms with van der Waals surface area (Å²) in [4.78, 5) is 4.67. The molecule has 2 nitrogen and oxygen atoms in total. The van der Waals surface area contributed by atoms with Gasteiger partial charge in [-0.1, -0.05) is 0 Å². The SMILES string of the molecule is c1sc(CCNC2CC2)nc1C1CC1. The highest BCUT2D eigenvalue weighted by Crippen LogP contribution is 2.40. The van der Waals surface area contributed by atoms with Crippen molar-refractivity contribution in [2.45, 2.75) is 44.1 Å². The Hall–Kier alpha value is -0.410. The summed E-state index contributed by atoms with van der Waals surface area (Å²) in [6.45, 7) is 1.11. The minimum atomic E-state index is 0.816. The van der Waals surface area contributed by atoms with Gasteiger partial charge in [0.25, 0.3) is 0 Å². The molecule has 1 aromatic rings. The van der Waals surface area contributed by atoms with Crippen LogP contribution in [0.25, 0.3) is 0 Å². The standard InChI is InChI=1S/C11H16N2S/c1-2-8(1)10-7-14-11(13-10)5-6-12-9-3-4-9/h7-9,12H,1-6H2. The first-order chi connectivity index (χ1) is 6.92. The van der Waals surface area contributed by atoms with Crippen LogP contribution in [0.2, 0.25) is 0 Å². The lowest BCUT2D eigenvalue weighted by atomic mass is 10.3. The molecule has 0 aliphatic heterocycles. The van der Waals surface area contributed by atoms with Crippen LogP contribution in [-0.4, -0.2) is 17.6 Å². The maximum atomic E-state index is 4.67. The minimum Gasteiger partial charge on any atom is -0.314 e. The second kappa shape index (κ2) is 3.63. The first kappa shape index (κ1) is 8.86. The predicted molar refractivity (Wildman–Crippen MR) is 58.8 cm³/mol. The Balaban J connectivity index is 1.49. The molecule has 2 saturated carbocycles. The largest absolute Gasteiger partial charge is 0.314 e. The van der Waals surface area contributed by atoms with E-state index in [0.717, 1.165) is 24.9 Å². The molecule has 2 fully saturated rings. The Morgan fingerprint density at radius 2 is 2.21 bits per heavy atom. The molecule has 0 spiro atoms. The number of rotatable bonds is 5. The number of aromatic nitrogens is 1. The molecule has 3 heteroatoms. The Labute approximate surface area is 88.7 Å². The fraction of sp³-hybridized carbons (Fsp3) is 0.727. The quantitative estimate of drug-likeness (QED) is 0.803. The molecule has 0 unspecified atom stereocenters. The molecule has 0 saturated heterocycles. The zero-order chi connectivity index (χ0) is 9.38. The van der Waals surface area contributed by atoms with Gasteiger partial charge < -0.3 is 5.32 Å². The molecular weight excluding hydrogens is 192 g/mol. The summed E-state index contributed by atoms with van der Waals surface area (Å²) in [5.74, 6) is 0.816. The number of nitrogens with zero attached hydrogens (tertiary/aromatic N) is 1. The normalized spacial score (nSPS) is 21.4. The van der Waals surface area contributed by atoms with Gasteiger partial charge in [-0.05, 0) is 25.7 Å². The average molecular weight is 208 g/mol. The second-order valence-electron chi connectivity index (χ2n) is 4.42. The highest BCUT2D eigenvalue weighted by Gasteiger charge is 2.26. The van der Waals surface area contributed by atoms with Crippen molar-refractivity contribution in [2.75, 3.05) is 6.54 Å². The molecule has 1 aromatic heterocycles. The topological polar surface area (TPSA) is 24.9 Å². The van der Waals surface area contributed by atoms with Crippen molar-refractivity contribution in [3.8, 4) is 0 Å².